The Balaban J connectivity index is 3.11. The summed E-state index contributed by atoms with van der Waals surface area (Å²) in [4.78, 5) is 10.9. The van der Waals surface area contributed by atoms with Gasteiger partial charge in [-0.15, -0.1) is 0 Å². The maximum absolute atomic E-state index is 10.9. The molecule has 0 heterocycles. The number of amides is 1. The molecule has 78 valence electrons. The van der Waals surface area contributed by atoms with E-state index in [-0.39, 0.29) is 5.91 Å². The van der Waals surface area contributed by atoms with Gasteiger partial charge in [-0.05, 0) is 13.0 Å². The van der Waals surface area contributed by atoms with Gasteiger partial charge >= 0.3 is 0 Å². The molecule has 4 N–H and O–H groups in total. The highest BCUT2D eigenvalue weighted by Gasteiger charge is 1.97. The molecule has 0 aromatic carbocycles. The Kier molecular flexibility index (Phi) is 7.63. The Bertz CT molecular complexity index is 137. The van der Waals surface area contributed by atoms with Gasteiger partial charge in [-0.2, -0.15) is 0 Å². The Morgan fingerprint density at radius 2 is 2.08 bits per heavy atom. The van der Waals surface area contributed by atoms with Crippen LogP contribution in [0.15, 0.2) is 0 Å². The van der Waals surface area contributed by atoms with E-state index in [1.807, 2.05) is 0 Å². The van der Waals surface area contributed by atoms with Crippen LogP contribution in [0.1, 0.15) is 26.7 Å². The summed E-state index contributed by atoms with van der Waals surface area (Å²) >= 11 is 0. The van der Waals surface area contributed by atoms with E-state index in [0.29, 0.717) is 19.0 Å². The lowest BCUT2D eigenvalue weighted by Gasteiger charge is -2.08. The van der Waals surface area contributed by atoms with Gasteiger partial charge in [-0.1, -0.05) is 13.8 Å². The molecule has 0 aliphatic rings. The first-order valence-electron chi connectivity index (χ1n) is 4.87. The van der Waals surface area contributed by atoms with Gasteiger partial charge in [-0.25, -0.2) is 0 Å². The Hall–Kier alpha value is -0.610. The van der Waals surface area contributed by atoms with E-state index in [9.17, 15) is 4.79 Å². The fraction of sp³-hybridized carbons (Fsp3) is 0.889. The van der Waals surface area contributed by atoms with Crippen LogP contribution in [0.4, 0.5) is 0 Å². The monoisotopic (exact) mass is 187 g/mol. The van der Waals surface area contributed by atoms with E-state index in [1.54, 1.807) is 0 Å². The van der Waals surface area contributed by atoms with Crippen LogP contribution in [0.3, 0.4) is 0 Å². The SMILES string of the molecule is CC(C)NCCCNC(=O)CCN. The Labute approximate surface area is 80.3 Å². The van der Waals surface area contributed by atoms with Crippen molar-refractivity contribution < 1.29 is 4.79 Å². The number of carbonyl (C=O) groups is 1. The van der Waals surface area contributed by atoms with Crippen molar-refractivity contribution in [2.24, 2.45) is 5.73 Å². The molecule has 0 rings (SSSR count). The summed E-state index contributed by atoms with van der Waals surface area (Å²) in [5, 5.41) is 6.07. The first-order chi connectivity index (χ1) is 6.16. The first kappa shape index (κ1) is 12.4. The molecule has 0 aliphatic heterocycles. The summed E-state index contributed by atoms with van der Waals surface area (Å²) in [6.45, 7) is 6.31. The molecule has 0 bridgehead atoms. The second-order valence-corrected chi connectivity index (χ2v) is 3.35. The maximum Gasteiger partial charge on any atom is 0.221 e. The minimum absolute atomic E-state index is 0.0482. The fourth-order valence-corrected chi connectivity index (χ4v) is 0.926. The molecule has 4 heteroatoms. The largest absolute Gasteiger partial charge is 0.356 e. The van der Waals surface area contributed by atoms with Crippen molar-refractivity contribution in [1.29, 1.82) is 0 Å². The molecule has 13 heavy (non-hydrogen) atoms. The third-order valence-electron chi connectivity index (χ3n) is 1.60. The van der Waals surface area contributed by atoms with Crippen LogP contribution in [0.5, 0.6) is 0 Å². The van der Waals surface area contributed by atoms with Gasteiger partial charge in [-0.3, -0.25) is 4.79 Å². The molecule has 0 saturated carbocycles. The van der Waals surface area contributed by atoms with E-state index >= 15 is 0 Å². The lowest BCUT2D eigenvalue weighted by Crippen LogP contribution is -2.30. The van der Waals surface area contributed by atoms with Crippen molar-refractivity contribution in [3.05, 3.63) is 0 Å². The van der Waals surface area contributed by atoms with E-state index in [0.717, 1.165) is 19.5 Å². The number of rotatable bonds is 7. The van der Waals surface area contributed by atoms with Crippen molar-refractivity contribution in [3.8, 4) is 0 Å². The first-order valence-corrected chi connectivity index (χ1v) is 4.87. The predicted molar refractivity (Wildman–Crippen MR) is 54.4 cm³/mol. The average Bonchev–Trinajstić information content (AvgIpc) is 2.03. The lowest BCUT2D eigenvalue weighted by atomic mass is 10.3. The molecular formula is C9H21N3O. The zero-order valence-corrected chi connectivity index (χ0v) is 8.60. The molecule has 0 fully saturated rings. The third-order valence-corrected chi connectivity index (χ3v) is 1.60. The number of hydrogen-bond donors (Lipinski definition) is 3. The molecule has 0 aliphatic carbocycles. The van der Waals surface area contributed by atoms with Crippen LogP contribution in [0.2, 0.25) is 0 Å². The van der Waals surface area contributed by atoms with Crippen LogP contribution >= 0.6 is 0 Å². The molecule has 0 saturated heterocycles. The zero-order valence-electron chi connectivity index (χ0n) is 8.60. The molecule has 0 radical (unpaired) electrons. The van der Waals surface area contributed by atoms with Gasteiger partial charge in [0.05, 0.1) is 0 Å². The van der Waals surface area contributed by atoms with E-state index < -0.39 is 0 Å². The predicted octanol–water partition coefficient (Wildman–Crippen LogP) is -0.160. The normalized spacial score (nSPS) is 10.5. The molecule has 1 amide bonds. The topological polar surface area (TPSA) is 67.1 Å². The minimum atomic E-state index is 0.0482. The molecular weight excluding hydrogens is 166 g/mol. The highest BCUT2D eigenvalue weighted by atomic mass is 16.1. The van der Waals surface area contributed by atoms with Crippen LogP contribution < -0.4 is 16.4 Å². The van der Waals surface area contributed by atoms with Crippen molar-refractivity contribution >= 4 is 5.91 Å². The zero-order chi connectivity index (χ0) is 10.1. The molecule has 4 nitrogen and oxygen atoms in total. The second kappa shape index (κ2) is 8.01. The van der Waals surface area contributed by atoms with E-state index in [4.69, 9.17) is 5.73 Å². The molecule has 0 spiro atoms. The highest BCUT2D eigenvalue weighted by Crippen LogP contribution is 1.80. The number of nitrogens with one attached hydrogen (secondary N) is 2. The number of hydrogen-bond acceptors (Lipinski definition) is 3. The summed E-state index contributed by atoms with van der Waals surface area (Å²) < 4.78 is 0. The minimum Gasteiger partial charge on any atom is -0.356 e. The van der Waals surface area contributed by atoms with Crippen LogP contribution in [0.25, 0.3) is 0 Å². The average molecular weight is 187 g/mol. The number of nitrogens with two attached hydrogens (primary N) is 1. The van der Waals surface area contributed by atoms with Crippen LogP contribution in [0, 0.1) is 0 Å². The van der Waals surface area contributed by atoms with Gasteiger partial charge < -0.3 is 16.4 Å². The summed E-state index contributed by atoms with van der Waals surface area (Å²) in [6.07, 6.45) is 1.39. The highest BCUT2D eigenvalue weighted by molar-refractivity contribution is 5.75. The van der Waals surface area contributed by atoms with E-state index in [1.165, 1.54) is 0 Å². The summed E-state index contributed by atoms with van der Waals surface area (Å²) in [5.41, 5.74) is 5.23. The van der Waals surface area contributed by atoms with Crippen LogP contribution in [-0.4, -0.2) is 31.6 Å². The van der Waals surface area contributed by atoms with Gasteiger partial charge in [0, 0.05) is 25.6 Å². The van der Waals surface area contributed by atoms with E-state index in [2.05, 4.69) is 24.5 Å². The van der Waals surface area contributed by atoms with Gasteiger partial charge in [0.25, 0.3) is 0 Å². The molecule has 0 aromatic rings. The quantitative estimate of drug-likeness (QED) is 0.485. The van der Waals surface area contributed by atoms with Crippen molar-refractivity contribution in [2.75, 3.05) is 19.6 Å². The molecule has 0 aromatic heterocycles. The smallest absolute Gasteiger partial charge is 0.221 e. The summed E-state index contributed by atoms with van der Waals surface area (Å²) in [5.74, 6) is 0.0482. The van der Waals surface area contributed by atoms with Crippen molar-refractivity contribution in [1.82, 2.24) is 10.6 Å². The van der Waals surface area contributed by atoms with Gasteiger partial charge in [0.15, 0.2) is 0 Å². The Morgan fingerprint density at radius 3 is 2.62 bits per heavy atom. The van der Waals surface area contributed by atoms with Crippen molar-refractivity contribution in [3.63, 3.8) is 0 Å². The Morgan fingerprint density at radius 1 is 1.38 bits per heavy atom. The lowest BCUT2D eigenvalue weighted by molar-refractivity contribution is -0.120. The summed E-state index contributed by atoms with van der Waals surface area (Å²) in [6, 6.07) is 0.514. The van der Waals surface area contributed by atoms with Gasteiger partial charge in [0.1, 0.15) is 0 Å². The van der Waals surface area contributed by atoms with Crippen LogP contribution in [-0.2, 0) is 4.79 Å². The standard InChI is InChI=1S/C9H21N3O/c1-8(2)11-6-3-7-12-9(13)4-5-10/h8,11H,3-7,10H2,1-2H3,(H,12,13). The number of carbonyl (C=O) groups excluding carboxylic acids is 1. The summed E-state index contributed by atoms with van der Waals surface area (Å²) in [7, 11) is 0. The van der Waals surface area contributed by atoms with Gasteiger partial charge in [0.2, 0.25) is 5.91 Å². The molecule has 0 unspecified atom stereocenters. The molecule has 0 atom stereocenters. The maximum atomic E-state index is 10.9. The third kappa shape index (κ3) is 9.30. The van der Waals surface area contributed by atoms with Crippen molar-refractivity contribution in [2.45, 2.75) is 32.7 Å². The fourth-order valence-electron chi connectivity index (χ4n) is 0.926. The second-order valence-electron chi connectivity index (χ2n) is 3.35.